The Balaban J connectivity index is 2.22. The molecular weight excluding hydrogens is 124 g/mol. The summed E-state index contributed by atoms with van der Waals surface area (Å²) in [5.74, 6) is 0. The summed E-state index contributed by atoms with van der Waals surface area (Å²) in [5.41, 5.74) is 1.39. The van der Waals surface area contributed by atoms with Gasteiger partial charge in [-0.1, -0.05) is 13.3 Å². The van der Waals surface area contributed by atoms with Crippen molar-refractivity contribution >= 4 is 0 Å². The third kappa shape index (κ3) is 1.94. The lowest BCUT2D eigenvalue weighted by atomic mass is 10.2. The van der Waals surface area contributed by atoms with Crippen molar-refractivity contribution in [2.45, 2.75) is 26.2 Å². The molecule has 1 aliphatic rings. The molecule has 0 unspecified atom stereocenters. The van der Waals surface area contributed by atoms with Crippen molar-refractivity contribution in [2.75, 3.05) is 13.7 Å². The molecule has 0 saturated carbocycles. The van der Waals surface area contributed by atoms with Crippen LogP contribution < -0.4 is 5.32 Å². The molecule has 1 N–H and O–H groups in total. The van der Waals surface area contributed by atoms with E-state index in [-0.39, 0.29) is 0 Å². The van der Waals surface area contributed by atoms with E-state index < -0.39 is 0 Å². The lowest BCUT2D eigenvalue weighted by molar-refractivity contribution is 0.472. The number of hydrogen-bond acceptors (Lipinski definition) is 2. The van der Waals surface area contributed by atoms with Crippen LogP contribution >= 0.6 is 0 Å². The summed E-state index contributed by atoms with van der Waals surface area (Å²) in [5, 5.41) is 3.33. The normalized spacial score (nSPS) is 17.0. The highest BCUT2D eigenvalue weighted by atomic mass is 15.2. The zero-order valence-corrected chi connectivity index (χ0v) is 6.85. The van der Waals surface area contributed by atoms with Gasteiger partial charge < -0.3 is 10.2 Å². The largest absolute Gasteiger partial charge is 0.370 e. The molecule has 1 aliphatic heterocycles. The van der Waals surface area contributed by atoms with Gasteiger partial charge in [-0.25, -0.2) is 0 Å². The first kappa shape index (κ1) is 7.45. The second kappa shape index (κ2) is 3.49. The number of allylic oxidation sites excluding steroid dienone is 1. The van der Waals surface area contributed by atoms with Crippen LogP contribution in [0, 0.1) is 0 Å². The maximum atomic E-state index is 3.33. The third-order valence-corrected chi connectivity index (χ3v) is 1.73. The van der Waals surface area contributed by atoms with Crippen molar-refractivity contribution in [3.63, 3.8) is 0 Å². The van der Waals surface area contributed by atoms with Crippen LogP contribution in [0.5, 0.6) is 0 Å². The predicted octanol–water partition coefficient (Wildman–Crippen LogP) is 1.51. The fraction of sp³-hybridized carbons (Fsp3) is 0.750. The van der Waals surface area contributed by atoms with Gasteiger partial charge in [-0.3, -0.25) is 0 Å². The van der Waals surface area contributed by atoms with Crippen molar-refractivity contribution in [1.29, 1.82) is 0 Å². The Morgan fingerprint density at radius 1 is 1.70 bits per heavy atom. The van der Waals surface area contributed by atoms with E-state index in [1.165, 1.54) is 25.0 Å². The van der Waals surface area contributed by atoms with Gasteiger partial charge in [0, 0.05) is 18.9 Å². The molecule has 0 aromatic rings. The molecule has 0 radical (unpaired) electrons. The van der Waals surface area contributed by atoms with E-state index in [9.17, 15) is 0 Å². The molecule has 1 heterocycles. The molecule has 0 spiro atoms. The molecule has 2 nitrogen and oxygen atoms in total. The Morgan fingerprint density at radius 2 is 2.50 bits per heavy atom. The van der Waals surface area contributed by atoms with Crippen LogP contribution in [0.4, 0.5) is 0 Å². The monoisotopic (exact) mass is 140 g/mol. The fourth-order valence-corrected chi connectivity index (χ4v) is 1.10. The van der Waals surface area contributed by atoms with E-state index in [0.717, 1.165) is 6.67 Å². The standard InChI is InChI=1S/C8H16N2/c1-3-4-5-8-6-10(2)7-9-8/h6,9H,3-5,7H2,1-2H3. The van der Waals surface area contributed by atoms with Crippen molar-refractivity contribution in [3.05, 3.63) is 11.9 Å². The lowest BCUT2D eigenvalue weighted by Gasteiger charge is -2.02. The minimum atomic E-state index is 0.985. The summed E-state index contributed by atoms with van der Waals surface area (Å²) in [6.45, 7) is 3.21. The van der Waals surface area contributed by atoms with Crippen molar-refractivity contribution in [3.8, 4) is 0 Å². The Labute approximate surface area is 62.9 Å². The SMILES string of the molecule is CCCCC1=CN(C)CN1. The lowest BCUT2D eigenvalue weighted by Crippen LogP contribution is -2.16. The second-order valence-corrected chi connectivity index (χ2v) is 2.85. The molecular formula is C8H16N2. The minimum absolute atomic E-state index is 0.985. The average molecular weight is 140 g/mol. The second-order valence-electron chi connectivity index (χ2n) is 2.85. The summed E-state index contributed by atoms with van der Waals surface area (Å²) in [6, 6.07) is 0. The summed E-state index contributed by atoms with van der Waals surface area (Å²) in [4.78, 5) is 2.17. The van der Waals surface area contributed by atoms with Gasteiger partial charge in [-0.15, -0.1) is 0 Å². The molecule has 0 atom stereocenters. The Morgan fingerprint density at radius 3 is 3.00 bits per heavy atom. The summed E-state index contributed by atoms with van der Waals surface area (Å²) in [7, 11) is 2.09. The number of unbranched alkanes of at least 4 members (excludes halogenated alkanes) is 1. The number of hydrogen-bond donors (Lipinski definition) is 1. The number of nitrogens with zero attached hydrogens (tertiary/aromatic N) is 1. The van der Waals surface area contributed by atoms with Crippen molar-refractivity contribution in [2.24, 2.45) is 0 Å². The molecule has 0 saturated heterocycles. The van der Waals surface area contributed by atoms with E-state index >= 15 is 0 Å². The maximum absolute atomic E-state index is 3.33. The fourth-order valence-electron chi connectivity index (χ4n) is 1.10. The van der Waals surface area contributed by atoms with Gasteiger partial charge in [-0.2, -0.15) is 0 Å². The molecule has 0 aromatic carbocycles. The molecule has 10 heavy (non-hydrogen) atoms. The Bertz CT molecular complexity index is 129. The maximum Gasteiger partial charge on any atom is 0.0866 e. The average Bonchev–Trinajstić information content (AvgIpc) is 2.31. The first-order valence-electron chi connectivity index (χ1n) is 3.97. The van der Waals surface area contributed by atoms with Gasteiger partial charge in [0.2, 0.25) is 0 Å². The molecule has 2 heteroatoms. The predicted molar refractivity (Wildman–Crippen MR) is 43.4 cm³/mol. The van der Waals surface area contributed by atoms with E-state index in [0.29, 0.717) is 0 Å². The van der Waals surface area contributed by atoms with Gasteiger partial charge in [0.25, 0.3) is 0 Å². The van der Waals surface area contributed by atoms with Crippen molar-refractivity contribution < 1.29 is 0 Å². The van der Waals surface area contributed by atoms with Crippen LogP contribution in [0.15, 0.2) is 11.9 Å². The molecule has 0 bridgehead atoms. The molecule has 0 aromatic heterocycles. The van der Waals surface area contributed by atoms with E-state index in [1.807, 2.05) is 0 Å². The van der Waals surface area contributed by atoms with Crippen LogP contribution in [0.3, 0.4) is 0 Å². The summed E-state index contributed by atoms with van der Waals surface area (Å²) < 4.78 is 0. The highest BCUT2D eigenvalue weighted by molar-refractivity contribution is 5.03. The first-order chi connectivity index (χ1) is 4.83. The smallest absolute Gasteiger partial charge is 0.0866 e. The van der Waals surface area contributed by atoms with Crippen LogP contribution in [0.2, 0.25) is 0 Å². The molecule has 58 valence electrons. The van der Waals surface area contributed by atoms with Gasteiger partial charge in [0.15, 0.2) is 0 Å². The van der Waals surface area contributed by atoms with Crippen LogP contribution in [-0.4, -0.2) is 18.6 Å². The van der Waals surface area contributed by atoms with Gasteiger partial charge in [-0.05, 0) is 12.8 Å². The Hall–Kier alpha value is -0.660. The molecule has 0 aliphatic carbocycles. The third-order valence-electron chi connectivity index (χ3n) is 1.73. The van der Waals surface area contributed by atoms with Gasteiger partial charge >= 0.3 is 0 Å². The minimum Gasteiger partial charge on any atom is -0.370 e. The van der Waals surface area contributed by atoms with E-state index in [4.69, 9.17) is 0 Å². The van der Waals surface area contributed by atoms with Crippen molar-refractivity contribution in [1.82, 2.24) is 10.2 Å². The van der Waals surface area contributed by atoms with Crippen LogP contribution in [-0.2, 0) is 0 Å². The first-order valence-corrected chi connectivity index (χ1v) is 3.97. The van der Waals surface area contributed by atoms with Gasteiger partial charge in [0.05, 0.1) is 6.67 Å². The summed E-state index contributed by atoms with van der Waals surface area (Å²) in [6.07, 6.45) is 5.98. The van der Waals surface area contributed by atoms with E-state index in [2.05, 4.69) is 30.4 Å². The molecule has 0 fully saturated rings. The highest BCUT2D eigenvalue weighted by Crippen LogP contribution is 2.08. The van der Waals surface area contributed by atoms with Crippen LogP contribution in [0.1, 0.15) is 26.2 Å². The van der Waals surface area contributed by atoms with E-state index in [1.54, 1.807) is 0 Å². The Kier molecular flexibility index (Phi) is 2.60. The quantitative estimate of drug-likeness (QED) is 0.639. The van der Waals surface area contributed by atoms with Crippen LogP contribution in [0.25, 0.3) is 0 Å². The topological polar surface area (TPSA) is 15.3 Å². The molecule has 1 rings (SSSR count). The zero-order valence-electron chi connectivity index (χ0n) is 6.85. The molecule has 0 amide bonds. The van der Waals surface area contributed by atoms with Gasteiger partial charge in [0.1, 0.15) is 0 Å². The highest BCUT2D eigenvalue weighted by Gasteiger charge is 2.04. The summed E-state index contributed by atoms with van der Waals surface area (Å²) >= 11 is 0. The number of rotatable bonds is 3. The number of nitrogens with one attached hydrogen (secondary N) is 1. The zero-order chi connectivity index (χ0) is 7.40.